The molecule has 0 saturated heterocycles. The van der Waals surface area contributed by atoms with Crippen LogP contribution in [0, 0.1) is 35.0 Å². The lowest BCUT2D eigenvalue weighted by molar-refractivity contribution is 0.0221. The smallest absolute Gasteiger partial charge is 0.117 e. The molecule has 4 N–H and O–H groups in total. The highest BCUT2D eigenvalue weighted by Gasteiger charge is 2.51. The number of fused-ring (bicyclic) bond motifs is 1. The van der Waals surface area contributed by atoms with Crippen molar-refractivity contribution >= 4 is 0 Å². The lowest BCUT2D eigenvalue weighted by Gasteiger charge is -2.44. The number of unbranched alkanes of at least 4 members (excludes halogenated alkanes) is 1. The summed E-state index contributed by atoms with van der Waals surface area (Å²) < 4.78 is 0. The first-order valence-corrected chi connectivity index (χ1v) is 14.4. The van der Waals surface area contributed by atoms with Crippen LogP contribution in [-0.2, 0) is 0 Å². The van der Waals surface area contributed by atoms with E-state index in [-0.39, 0.29) is 11.3 Å². The van der Waals surface area contributed by atoms with Gasteiger partial charge in [0.2, 0.25) is 0 Å². The summed E-state index contributed by atoms with van der Waals surface area (Å²) in [4.78, 5) is 0. The van der Waals surface area contributed by atoms with Crippen molar-refractivity contribution in [2.75, 3.05) is 0 Å². The van der Waals surface area contributed by atoms with E-state index in [0.29, 0.717) is 31.1 Å². The first-order valence-electron chi connectivity index (χ1n) is 14.4. The van der Waals surface area contributed by atoms with Gasteiger partial charge in [0.05, 0.1) is 17.8 Å². The van der Waals surface area contributed by atoms with Crippen LogP contribution in [0.1, 0.15) is 105 Å². The zero-order chi connectivity index (χ0) is 26.5. The number of rotatable bonds is 8. The lowest BCUT2D eigenvalue weighted by atomic mass is 9.60. The highest BCUT2D eigenvalue weighted by molar-refractivity contribution is 5.38. The molecule has 3 aliphatic carbocycles. The van der Waals surface area contributed by atoms with Crippen molar-refractivity contribution in [2.24, 2.45) is 23.2 Å². The van der Waals surface area contributed by atoms with E-state index >= 15 is 0 Å². The Morgan fingerprint density at radius 3 is 2.61 bits per heavy atom. The van der Waals surface area contributed by atoms with Crippen molar-refractivity contribution < 1.29 is 20.4 Å². The minimum atomic E-state index is -0.654. The second-order valence-corrected chi connectivity index (χ2v) is 12.1. The first kappa shape index (κ1) is 29.2. The monoisotopic (exact) mass is 498 g/mol. The van der Waals surface area contributed by atoms with Gasteiger partial charge >= 0.3 is 0 Å². The molecule has 36 heavy (non-hydrogen) atoms. The SMILES string of the molecule is C=C1/C(=C/C=C2\CCC[C@]3(C)[C@@H]([C@@H](C)[C@H](O)C#CCCCC(O)(CC)CC)CC[C@@H]23)C[C@@H](O)C[C@@H]1O. The van der Waals surface area contributed by atoms with Crippen LogP contribution in [0.4, 0.5) is 0 Å². The summed E-state index contributed by atoms with van der Waals surface area (Å²) in [6.07, 6.45) is 13.0. The zero-order valence-corrected chi connectivity index (χ0v) is 23.1. The molecule has 4 nitrogen and oxygen atoms in total. The van der Waals surface area contributed by atoms with Crippen LogP contribution >= 0.6 is 0 Å². The van der Waals surface area contributed by atoms with E-state index in [0.717, 1.165) is 62.5 Å². The summed E-state index contributed by atoms with van der Waals surface area (Å²) in [5, 5.41) is 41.7. The molecular weight excluding hydrogens is 448 g/mol. The maximum absolute atomic E-state index is 10.9. The van der Waals surface area contributed by atoms with E-state index in [4.69, 9.17) is 0 Å². The molecule has 0 heterocycles. The van der Waals surface area contributed by atoms with E-state index in [1.807, 2.05) is 13.8 Å². The van der Waals surface area contributed by atoms with Crippen molar-refractivity contribution in [2.45, 2.75) is 129 Å². The third-order valence-corrected chi connectivity index (χ3v) is 9.94. The second-order valence-electron chi connectivity index (χ2n) is 12.1. The molecule has 0 bridgehead atoms. The fourth-order valence-electron chi connectivity index (χ4n) is 7.25. The van der Waals surface area contributed by atoms with E-state index in [1.54, 1.807) is 0 Å². The Kier molecular flexibility index (Phi) is 10.1. The maximum atomic E-state index is 10.9. The van der Waals surface area contributed by atoms with Gasteiger partial charge in [-0.1, -0.05) is 57.9 Å². The van der Waals surface area contributed by atoms with E-state index in [9.17, 15) is 20.4 Å². The number of allylic oxidation sites excluding steroid dienone is 3. The molecule has 202 valence electrons. The van der Waals surface area contributed by atoms with E-state index < -0.39 is 23.9 Å². The molecule has 0 aromatic rings. The molecule has 0 radical (unpaired) electrons. The van der Waals surface area contributed by atoms with Crippen molar-refractivity contribution in [1.82, 2.24) is 0 Å². The van der Waals surface area contributed by atoms with Crippen LogP contribution in [-0.4, -0.2) is 44.3 Å². The Balaban J connectivity index is 1.64. The molecule has 0 amide bonds. The van der Waals surface area contributed by atoms with Gasteiger partial charge in [0.25, 0.3) is 0 Å². The van der Waals surface area contributed by atoms with E-state index in [2.05, 4.69) is 44.4 Å². The van der Waals surface area contributed by atoms with Crippen molar-refractivity contribution in [1.29, 1.82) is 0 Å². The molecule has 3 saturated carbocycles. The lowest BCUT2D eigenvalue weighted by Crippen LogP contribution is -2.39. The number of aliphatic hydroxyl groups is 4. The van der Waals surface area contributed by atoms with Crippen LogP contribution in [0.2, 0.25) is 0 Å². The number of hydrogen-bond donors (Lipinski definition) is 4. The Labute approximate surface area is 219 Å². The van der Waals surface area contributed by atoms with Gasteiger partial charge in [0.1, 0.15) is 6.10 Å². The summed E-state index contributed by atoms with van der Waals surface area (Å²) in [7, 11) is 0. The zero-order valence-electron chi connectivity index (χ0n) is 23.1. The third-order valence-electron chi connectivity index (χ3n) is 9.94. The standard InChI is InChI=1S/C32H50O4/c1-6-32(36,7-2)19-10-8-9-13-29(34)23(4)27-16-17-28-24(12-11-18-31(27,28)5)14-15-25-20-26(33)21-30(35)22(25)3/h14-15,23,26-30,33-36H,3,6-8,10-12,16-21H2,1-2,4-5H3/b24-14+,25-15+/t23-,26-,27-,28+,29-,30+,31-/m1/s1. The molecule has 0 aromatic heterocycles. The van der Waals surface area contributed by atoms with Gasteiger partial charge in [-0.3, -0.25) is 0 Å². The predicted molar refractivity (Wildman–Crippen MR) is 147 cm³/mol. The van der Waals surface area contributed by atoms with Gasteiger partial charge in [-0.15, -0.1) is 5.92 Å². The molecule has 0 aliphatic heterocycles. The second kappa shape index (κ2) is 12.4. The van der Waals surface area contributed by atoms with Gasteiger partial charge in [-0.05, 0) is 98.5 Å². The fraction of sp³-hybridized carbons (Fsp3) is 0.750. The summed E-state index contributed by atoms with van der Waals surface area (Å²) in [5.41, 5.74) is 2.75. The fourth-order valence-corrected chi connectivity index (χ4v) is 7.25. The van der Waals surface area contributed by atoms with Crippen molar-refractivity contribution in [3.8, 4) is 11.8 Å². The van der Waals surface area contributed by atoms with Gasteiger partial charge in [-0.2, -0.15) is 0 Å². The molecular formula is C32H50O4. The Bertz CT molecular complexity index is 886. The van der Waals surface area contributed by atoms with E-state index in [1.165, 1.54) is 12.0 Å². The summed E-state index contributed by atoms with van der Waals surface area (Å²) in [6.45, 7) is 12.7. The molecule has 3 aliphatic rings. The largest absolute Gasteiger partial charge is 0.393 e. The molecule has 0 aromatic carbocycles. The Hall–Kier alpha value is -1.38. The maximum Gasteiger partial charge on any atom is 0.117 e. The first-order chi connectivity index (χ1) is 17.0. The normalized spacial score (nSPS) is 34.8. The molecule has 4 heteroatoms. The number of hydrogen-bond acceptors (Lipinski definition) is 4. The van der Waals surface area contributed by atoms with Crippen LogP contribution in [0.25, 0.3) is 0 Å². The average molecular weight is 499 g/mol. The Morgan fingerprint density at radius 2 is 1.92 bits per heavy atom. The van der Waals surface area contributed by atoms with Crippen LogP contribution in [0.5, 0.6) is 0 Å². The highest BCUT2D eigenvalue weighted by atomic mass is 16.3. The average Bonchev–Trinajstić information content (AvgIpc) is 3.21. The highest BCUT2D eigenvalue weighted by Crippen LogP contribution is 2.59. The van der Waals surface area contributed by atoms with Gasteiger partial charge in [-0.25, -0.2) is 0 Å². The summed E-state index contributed by atoms with van der Waals surface area (Å²) >= 11 is 0. The van der Waals surface area contributed by atoms with Crippen LogP contribution in [0.15, 0.2) is 35.5 Å². The summed E-state index contributed by atoms with van der Waals surface area (Å²) in [5.74, 6) is 7.38. The number of aliphatic hydroxyl groups excluding tert-OH is 3. The van der Waals surface area contributed by atoms with Crippen molar-refractivity contribution in [3.63, 3.8) is 0 Å². The molecule has 3 fully saturated rings. The topological polar surface area (TPSA) is 80.9 Å². The Morgan fingerprint density at radius 1 is 1.19 bits per heavy atom. The minimum absolute atomic E-state index is 0.122. The quantitative estimate of drug-likeness (QED) is 0.250. The van der Waals surface area contributed by atoms with Crippen LogP contribution in [0.3, 0.4) is 0 Å². The van der Waals surface area contributed by atoms with Crippen molar-refractivity contribution in [3.05, 3.63) is 35.5 Å². The predicted octanol–water partition coefficient (Wildman–Crippen LogP) is 5.85. The van der Waals surface area contributed by atoms with Gasteiger partial charge in [0, 0.05) is 12.8 Å². The van der Waals surface area contributed by atoms with Gasteiger partial charge < -0.3 is 20.4 Å². The molecule has 0 unspecified atom stereocenters. The molecule has 7 atom stereocenters. The van der Waals surface area contributed by atoms with Crippen LogP contribution < -0.4 is 0 Å². The summed E-state index contributed by atoms with van der Waals surface area (Å²) in [6, 6.07) is 0. The third kappa shape index (κ3) is 6.54. The molecule has 0 spiro atoms. The van der Waals surface area contributed by atoms with Gasteiger partial charge in [0.15, 0.2) is 0 Å². The molecule has 3 rings (SSSR count). The minimum Gasteiger partial charge on any atom is -0.393 e.